The number of aromatic nitrogens is 1. The van der Waals surface area contributed by atoms with E-state index in [1.54, 1.807) is 0 Å². The predicted molar refractivity (Wildman–Crippen MR) is 127 cm³/mol. The first-order chi connectivity index (χ1) is 14.9. The van der Waals surface area contributed by atoms with Crippen LogP contribution in [0.5, 0.6) is 0 Å². The Morgan fingerprint density at radius 1 is 0.935 bits per heavy atom. The molecule has 1 unspecified atom stereocenters. The lowest BCUT2D eigenvalue weighted by atomic mass is 9.75. The van der Waals surface area contributed by atoms with Crippen molar-refractivity contribution < 1.29 is 4.79 Å². The molecule has 31 heavy (non-hydrogen) atoms. The molecule has 4 nitrogen and oxygen atoms in total. The summed E-state index contributed by atoms with van der Waals surface area (Å²) in [6.45, 7) is 4.82. The molecule has 2 aliphatic rings. The highest BCUT2D eigenvalue weighted by Gasteiger charge is 2.59. The summed E-state index contributed by atoms with van der Waals surface area (Å²) < 4.78 is 2.24. The van der Waals surface area contributed by atoms with Crippen molar-refractivity contribution in [2.45, 2.75) is 24.9 Å². The third kappa shape index (κ3) is 2.27. The van der Waals surface area contributed by atoms with Crippen LogP contribution in [0, 0.1) is 0 Å². The lowest BCUT2D eigenvalue weighted by Crippen LogP contribution is -2.58. The number of carbonyl (C=O) groups excluding carboxylic acids is 1. The van der Waals surface area contributed by atoms with Gasteiger partial charge in [0, 0.05) is 40.0 Å². The Labute approximate surface area is 181 Å². The second-order valence-corrected chi connectivity index (χ2v) is 9.23. The van der Waals surface area contributed by atoms with E-state index in [1.807, 2.05) is 6.07 Å². The highest BCUT2D eigenvalue weighted by atomic mass is 16.2. The molecule has 2 aliphatic heterocycles. The van der Waals surface area contributed by atoms with Gasteiger partial charge in [-0.1, -0.05) is 62.4 Å². The fourth-order valence-corrected chi connectivity index (χ4v) is 5.65. The van der Waals surface area contributed by atoms with Crippen LogP contribution in [-0.4, -0.2) is 22.7 Å². The van der Waals surface area contributed by atoms with Crippen molar-refractivity contribution in [3.63, 3.8) is 0 Å². The lowest BCUT2D eigenvalue weighted by molar-refractivity contribution is -0.118. The zero-order valence-electron chi connectivity index (χ0n) is 18.0. The third-order valence-electron chi connectivity index (χ3n) is 7.33. The minimum absolute atomic E-state index is 0.0664. The van der Waals surface area contributed by atoms with Gasteiger partial charge in [-0.15, -0.1) is 0 Å². The molecule has 1 aromatic heterocycles. The van der Waals surface area contributed by atoms with Crippen LogP contribution >= 0.6 is 0 Å². The van der Waals surface area contributed by atoms with Crippen molar-refractivity contribution in [1.82, 2.24) is 9.88 Å². The van der Waals surface area contributed by atoms with Crippen LogP contribution in [0.2, 0.25) is 0 Å². The molecule has 0 saturated carbocycles. The monoisotopic (exact) mass is 407 g/mol. The van der Waals surface area contributed by atoms with E-state index in [-0.39, 0.29) is 11.3 Å². The number of para-hydroxylation sites is 2. The highest BCUT2D eigenvalue weighted by molar-refractivity contribution is 6.08. The molecular formula is C27H25N3O. The summed E-state index contributed by atoms with van der Waals surface area (Å²) in [5, 5.41) is 5.81. The van der Waals surface area contributed by atoms with Gasteiger partial charge >= 0.3 is 0 Å². The standard InChI is InChI=1S/C27H25N3O/c1-26(2)21-9-5-7-11-24(21)30-17-25(31)28-27(26,30)15-14-18-12-13-23-20(16-18)19-8-4-6-10-22(19)29(23)3/h4-16H,17H2,1-3H3,(H,28,31)/b15-14+. The highest BCUT2D eigenvalue weighted by Crippen LogP contribution is 2.52. The van der Waals surface area contributed by atoms with Crippen molar-refractivity contribution in [2.75, 3.05) is 11.4 Å². The van der Waals surface area contributed by atoms with Gasteiger partial charge < -0.3 is 14.8 Å². The first-order valence-electron chi connectivity index (χ1n) is 10.8. The number of hydrogen-bond acceptors (Lipinski definition) is 2. The molecule has 3 aromatic carbocycles. The van der Waals surface area contributed by atoms with Gasteiger partial charge in [0.2, 0.25) is 5.91 Å². The lowest BCUT2D eigenvalue weighted by Gasteiger charge is -2.40. The summed E-state index contributed by atoms with van der Waals surface area (Å²) in [6, 6.07) is 23.5. The molecule has 0 spiro atoms. The molecule has 154 valence electrons. The minimum atomic E-state index is -0.568. The van der Waals surface area contributed by atoms with Crippen molar-refractivity contribution in [3.05, 3.63) is 83.9 Å². The van der Waals surface area contributed by atoms with Gasteiger partial charge in [-0.3, -0.25) is 4.79 Å². The number of nitrogens with one attached hydrogen (secondary N) is 1. The van der Waals surface area contributed by atoms with E-state index in [4.69, 9.17) is 0 Å². The normalized spacial score (nSPS) is 21.8. The average Bonchev–Trinajstić information content (AvgIpc) is 3.33. The second-order valence-electron chi connectivity index (χ2n) is 9.23. The molecule has 1 saturated heterocycles. The SMILES string of the molecule is Cn1c2ccccc2c2cc(/C=C/C34NC(=O)CN3c3ccccc3C4(C)C)ccc21. The molecule has 6 rings (SSSR count). The number of hydrogen-bond donors (Lipinski definition) is 1. The Morgan fingerprint density at radius 2 is 1.68 bits per heavy atom. The smallest absolute Gasteiger partial charge is 0.241 e. The molecule has 1 amide bonds. The number of amides is 1. The van der Waals surface area contributed by atoms with Gasteiger partial charge in [0.05, 0.1) is 6.54 Å². The Kier molecular flexibility index (Phi) is 3.54. The van der Waals surface area contributed by atoms with E-state index in [0.717, 1.165) is 11.3 Å². The molecule has 0 aliphatic carbocycles. The summed E-state index contributed by atoms with van der Waals surface area (Å²) in [6.07, 6.45) is 4.34. The maximum absolute atomic E-state index is 12.5. The van der Waals surface area contributed by atoms with Gasteiger partial charge in [0.1, 0.15) is 5.66 Å². The number of anilines is 1. The third-order valence-corrected chi connectivity index (χ3v) is 7.33. The number of carbonyl (C=O) groups is 1. The van der Waals surface area contributed by atoms with Gasteiger partial charge in [0.25, 0.3) is 0 Å². The zero-order chi connectivity index (χ0) is 21.4. The Hall–Kier alpha value is -3.53. The Bertz CT molecular complexity index is 1410. The molecule has 1 atom stereocenters. The summed E-state index contributed by atoms with van der Waals surface area (Å²) in [7, 11) is 2.11. The number of nitrogens with zero attached hydrogens (tertiary/aromatic N) is 2. The first kappa shape index (κ1) is 18.3. The summed E-state index contributed by atoms with van der Waals surface area (Å²) in [5.74, 6) is 0.0664. The molecule has 0 bridgehead atoms. The van der Waals surface area contributed by atoms with Gasteiger partial charge in [0.15, 0.2) is 0 Å². The molecule has 3 heterocycles. The van der Waals surface area contributed by atoms with E-state index >= 15 is 0 Å². The van der Waals surface area contributed by atoms with Crippen LogP contribution in [0.3, 0.4) is 0 Å². The van der Waals surface area contributed by atoms with Crippen LogP contribution in [-0.2, 0) is 17.3 Å². The van der Waals surface area contributed by atoms with E-state index < -0.39 is 5.66 Å². The molecular weight excluding hydrogens is 382 g/mol. The van der Waals surface area contributed by atoms with Crippen LogP contribution in [0.4, 0.5) is 5.69 Å². The number of fused-ring (bicyclic) bond motifs is 6. The maximum Gasteiger partial charge on any atom is 0.241 e. The fourth-order valence-electron chi connectivity index (χ4n) is 5.65. The summed E-state index contributed by atoms with van der Waals surface area (Å²) in [4.78, 5) is 14.7. The van der Waals surface area contributed by atoms with Crippen molar-refractivity contribution in [3.8, 4) is 0 Å². The van der Waals surface area contributed by atoms with Crippen molar-refractivity contribution in [1.29, 1.82) is 0 Å². The Morgan fingerprint density at radius 3 is 2.55 bits per heavy atom. The van der Waals surface area contributed by atoms with Gasteiger partial charge in [-0.05, 0) is 41.5 Å². The van der Waals surface area contributed by atoms with E-state index in [0.29, 0.717) is 6.54 Å². The predicted octanol–water partition coefficient (Wildman–Crippen LogP) is 4.97. The summed E-state index contributed by atoms with van der Waals surface area (Å²) in [5.41, 5.74) is 5.17. The van der Waals surface area contributed by atoms with Crippen LogP contribution in [0.15, 0.2) is 72.8 Å². The molecule has 1 N–H and O–H groups in total. The zero-order valence-corrected chi connectivity index (χ0v) is 18.0. The van der Waals surface area contributed by atoms with E-state index in [9.17, 15) is 4.79 Å². The van der Waals surface area contributed by atoms with Crippen molar-refractivity contribution in [2.24, 2.45) is 7.05 Å². The van der Waals surface area contributed by atoms with E-state index in [1.165, 1.54) is 27.4 Å². The number of rotatable bonds is 2. The van der Waals surface area contributed by atoms with Crippen LogP contribution in [0.1, 0.15) is 25.0 Å². The number of benzene rings is 3. The van der Waals surface area contributed by atoms with Gasteiger partial charge in [-0.25, -0.2) is 0 Å². The van der Waals surface area contributed by atoms with Crippen molar-refractivity contribution >= 4 is 39.5 Å². The topological polar surface area (TPSA) is 37.3 Å². The average molecular weight is 408 g/mol. The van der Waals surface area contributed by atoms with Crippen LogP contribution < -0.4 is 10.2 Å². The van der Waals surface area contributed by atoms with E-state index in [2.05, 4.69) is 108 Å². The van der Waals surface area contributed by atoms with Crippen LogP contribution in [0.25, 0.3) is 27.9 Å². The largest absolute Gasteiger partial charge is 0.344 e. The summed E-state index contributed by atoms with van der Waals surface area (Å²) >= 11 is 0. The number of aryl methyl sites for hydroxylation is 1. The molecule has 1 fully saturated rings. The molecule has 0 radical (unpaired) electrons. The quantitative estimate of drug-likeness (QED) is 0.509. The Balaban J connectivity index is 1.49. The minimum Gasteiger partial charge on any atom is -0.344 e. The maximum atomic E-state index is 12.5. The molecule has 4 heteroatoms. The van der Waals surface area contributed by atoms with Gasteiger partial charge in [-0.2, -0.15) is 0 Å². The first-order valence-corrected chi connectivity index (χ1v) is 10.8. The fraction of sp³-hybridized carbons (Fsp3) is 0.222. The second kappa shape index (κ2) is 6.01. The molecule has 4 aromatic rings.